The van der Waals surface area contributed by atoms with Gasteiger partial charge in [0.15, 0.2) is 0 Å². The fourth-order valence-electron chi connectivity index (χ4n) is 1.54. The first kappa shape index (κ1) is 11.2. The zero-order chi connectivity index (χ0) is 11.5. The van der Waals surface area contributed by atoms with E-state index in [1.54, 1.807) is 17.5 Å². The van der Waals surface area contributed by atoms with Gasteiger partial charge in [0.05, 0.1) is 5.69 Å². The van der Waals surface area contributed by atoms with Crippen molar-refractivity contribution in [3.8, 4) is 10.6 Å². The highest BCUT2D eigenvalue weighted by Gasteiger charge is 2.10. The fourth-order valence-corrected chi connectivity index (χ4v) is 2.52. The molecule has 0 amide bonds. The van der Waals surface area contributed by atoms with Crippen molar-refractivity contribution in [2.24, 2.45) is 5.73 Å². The molecular formula is C12H15N3S. The van der Waals surface area contributed by atoms with Crippen LogP contribution in [0.2, 0.25) is 0 Å². The van der Waals surface area contributed by atoms with Gasteiger partial charge in [-0.1, -0.05) is 6.92 Å². The maximum atomic E-state index is 5.81. The zero-order valence-corrected chi connectivity index (χ0v) is 10.3. The number of hydrogen-bond acceptors (Lipinski definition) is 4. The minimum absolute atomic E-state index is 0.00286. The molecule has 4 heteroatoms. The molecule has 2 N–H and O–H groups in total. The minimum Gasteiger partial charge on any atom is -0.323 e. The van der Waals surface area contributed by atoms with Crippen LogP contribution in [-0.2, 0) is 6.42 Å². The second-order valence-electron chi connectivity index (χ2n) is 3.75. The highest BCUT2D eigenvalue weighted by atomic mass is 32.1. The standard InChI is InChI=1S/C12H15N3S/c1-3-9-6-14-5-4-10(9)12-15-11(7-16-12)8(2)13/h4-8H,3,13H2,1-2H3. The second-order valence-corrected chi connectivity index (χ2v) is 4.61. The van der Waals surface area contributed by atoms with Gasteiger partial charge in [-0.25, -0.2) is 4.98 Å². The summed E-state index contributed by atoms with van der Waals surface area (Å²) in [4.78, 5) is 8.69. The summed E-state index contributed by atoms with van der Waals surface area (Å²) in [5, 5.41) is 3.06. The molecular weight excluding hydrogens is 218 g/mol. The largest absolute Gasteiger partial charge is 0.323 e. The van der Waals surface area contributed by atoms with E-state index in [0.717, 1.165) is 17.1 Å². The normalized spacial score (nSPS) is 12.7. The van der Waals surface area contributed by atoms with E-state index in [0.29, 0.717) is 0 Å². The predicted octanol–water partition coefficient (Wildman–Crippen LogP) is 2.79. The summed E-state index contributed by atoms with van der Waals surface area (Å²) >= 11 is 1.64. The van der Waals surface area contributed by atoms with E-state index in [1.807, 2.05) is 24.6 Å². The molecule has 0 aliphatic rings. The molecule has 0 radical (unpaired) electrons. The number of nitrogens with zero attached hydrogens (tertiary/aromatic N) is 2. The number of thiazole rings is 1. The lowest BCUT2D eigenvalue weighted by molar-refractivity contribution is 0.790. The van der Waals surface area contributed by atoms with E-state index in [1.165, 1.54) is 11.1 Å². The van der Waals surface area contributed by atoms with E-state index < -0.39 is 0 Å². The van der Waals surface area contributed by atoms with Gasteiger partial charge in [0.25, 0.3) is 0 Å². The molecule has 16 heavy (non-hydrogen) atoms. The minimum atomic E-state index is -0.00286. The smallest absolute Gasteiger partial charge is 0.124 e. The molecule has 2 rings (SSSR count). The summed E-state index contributed by atoms with van der Waals surface area (Å²) < 4.78 is 0. The topological polar surface area (TPSA) is 51.8 Å². The van der Waals surface area contributed by atoms with Gasteiger partial charge < -0.3 is 5.73 Å². The molecule has 1 unspecified atom stereocenters. The van der Waals surface area contributed by atoms with E-state index in [-0.39, 0.29) is 6.04 Å². The van der Waals surface area contributed by atoms with Crippen LogP contribution < -0.4 is 5.73 Å². The summed E-state index contributed by atoms with van der Waals surface area (Å²) in [6, 6.07) is 2.01. The van der Waals surface area contributed by atoms with Crippen molar-refractivity contribution in [1.29, 1.82) is 0 Å². The van der Waals surface area contributed by atoms with Crippen LogP contribution in [0.5, 0.6) is 0 Å². The number of pyridine rings is 1. The van der Waals surface area contributed by atoms with Crippen LogP contribution >= 0.6 is 11.3 Å². The van der Waals surface area contributed by atoms with Crippen LogP contribution in [0.3, 0.4) is 0 Å². The van der Waals surface area contributed by atoms with Gasteiger partial charge in [-0.05, 0) is 25.0 Å². The molecule has 1 atom stereocenters. The molecule has 0 aliphatic carbocycles. The SMILES string of the molecule is CCc1cnccc1-c1nc(C(C)N)cs1. The van der Waals surface area contributed by atoms with Gasteiger partial charge in [0, 0.05) is 29.4 Å². The summed E-state index contributed by atoms with van der Waals surface area (Å²) in [6.45, 7) is 4.08. The maximum absolute atomic E-state index is 5.81. The number of hydrogen-bond donors (Lipinski definition) is 1. The van der Waals surface area contributed by atoms with Crippen molar-refractivity contribution in [1.82, 2.24) is 9.97 Å². The summed E-state index contributed by atoms with van der Waals surface area (Å²) in [5.74, 6) is 0. The van der Waals surface area contributed by atoms with Gasteiger partial charge in [-0.3, -0.25) is 4.98 Å². The highest BCUT2D eigenvalue weighted by Crippen LogP contribution is 2.28. The summed E-state index contributed by atoms with van der Waals surface area (Å²) in [7, 11) is 0. The molecule has 3 nitrogen and oxygen atoms in total. The molecule has 2 aromatic heterocycles. The van der Waals surface area contributed by atoms with Gasteiger partial charge in [-0.2, -0.15) is 0 Å². The Hall–Kier alpha value is -1.26. The number of aryl methyl sites for hydroxylation is 1. The Morgan fingerprint density at radius 3 is 2.94 bits per heavy atom. The zero-order valence-electron chi connectivity index (χ0n) is 9.47. The van der Waals surface area contributed by atoms with Crippen LogP contribution in [0, 0.1) is 0 Å². The lowest BCUT2D eigenvalue weighted by atomic mass is 10.1. The van der Waals surface area contributed by atoms with Crippen molar-refractivity contribution < 1.29 is 0 Å². The van der Waals surface area contributed by atoms with Gasteiger partial charge in [-0.15, -0.1) is 11.3 Å². The third-order valence-corrected chi connectivity index (χ3v) is 3.40. The van der Waals surface area contributed by atoms with Crippen molar-refractivity contribution >= 4 is 11.3 Å². The number of rotatable bonds is 3. The lowest BCUT2D eigenvalue weighted by Crippen LogP contribution is -2.04. The quantitative estimate of drug-likeness (QED) is 0.887. The third kappa shape index (κ3) is 2.13. The van der Waals surface area contributed by atoms with Crippen LogP contribution in [0.15, 0.2) is 23.8 Å². The van der Waals surface area contributed by atoms with Crippen LogP contribution in [-0.4, -0.2) is 9.97 Å². The molecule has 2 aromatic rings. The van der Waals surface area contributed by atoms with Crippen molar-refractivity contribution in [3.63, 3.8) is 0 Å². The molecule has 0 saturated heterocycles. The molecule has 84 valence electrons. The first-order chi connectivity index (χ1) is 7.72. The van der Waals surface area contributed by atoms with Crippen LogP contribution in [0.1, 0.15) is 31.1 Å². The van der Waals surface area contributed by atoms with Crippen molar-refractivity contribution in [2.45, 2.75) is 26.3 Å². The number of aromatic nitrogens is 2. The first-order valence-corrected chi connectivity index (χ1v) is 6.24. The molecule has 0 saturated carbocycles. The van der Waals surface area contributed by atoms with Crippen molar-refractivity contribution in [2.75, 3.05) is 0 Å². The van der Waals surface area contributed by atoms with Gasteiger partial charge >= 0.3 is 0 Å². The Morgan fingerprint density at radius 2 is 2.31 bits per heavy atom. The van der Waals surface area contributed by atoms with Gasteiger partial charge in [0.1, 0.15) is 5.01 Å². The van der Waals surface area contributed by atoms with Gasteiger partial charge in [0.2, 0.25) is 0 Å². The van der Waals surface area contributed by atoms with Crippen LogP contribution in [0.4, 0.5) is 0 Å². The maximum Gasteiger partial charge on any atom is 0.124 e. The summed E-state index contributed by atoms with van der Waals surface area (Å²) in [5.41, 5.74) is 9.17. The molecule has 0 bridgehead atoms. The van der Waals surface area contributed by atoms with Crippen LogP contribution in [0.25, 0.3) is 10.6 Å². The van der Waals surface area contributed by atoms with Crippen molar-refractivity contribution in [3.05, 3.63) is 35.1 Å². The fraction of sp³-hybridized carbons (Fsp3) is 0.333. The van der Waals surface area contributed by atoms with E-state index >= 15 is 0 Å². The Balaban J connectivity index is 2.42. The lowest BCUT2D eigenvalue weighted by Gasteiger charge is -2.03. The first-order valence-electron chi connectivity index (χ1n) is 5.36. The molecule has 0 spiro atoms. The Morgan fingerprint density at radius 1 is 1.50 bits per heavy atom. The monoisotopic (exact) mass is 233 g/mol. The average molecular weight is 233 g/mol. The number of nitrogens with two attached hydrogens (primary N) is 1. The third-order valence-electron chi connectivity index (χ3n) is 2.50. The van der Waals surface area contributed by atoms with E-state index in [9.17, 15) is 0 Å². The molecule has 0 fully saturated rings. The Labute approximate surface area is 99.4 Å². The van der Waals surface area contributed by atoms with E-state index in [2.05, 4.69) is 16.9 Å². The molecule has 2 heterocycles. The molecule has 0 aliphatic heterocycles. The predicted molar refractivity (Wildman–Crippen MR) is 67.3 cm³/mol. The average Bonchev–Trinajstić information content (AvgIpc) is 2.78. The Kier molecular flexibility index (Phi) is 3.31. The highest BCUT2D eigenvalue weighted by molar-refractivity contribution is 7.13. The summed E-state index contributed by atoms with van der Waals surface area (Å²) in [6.07, 6.45) is 4.68. The van der Waals surface area contributed by atoms with E-state index in [4.69, 9.17) is 5.73 Å². The second kappa shape index (κ2) is 4.72. The molecule has 0 aromatic carbocycles. The Bertz CT molecular complexity index is 477.